The molecular formula is C17H20N4O3S. The van der Waals surface area contributed by atoms with Gasteiger partial charge in [-0.05, 0) is 37.5 Å². The van der Waals surface area contributed by atoms with E-state index < -0.39 is 9.84 Å². The van der Waals surface area contributed by atoms with Gasteiger partial charge in [0.05, 0.1) is 11.5 Å². The van der Waals surface area contributed by atoms with Gasteiger partial charge in [0.25, 0.3) is 5.91 Å². The summed E-state index contributed by atoms with van der Waals surface area (Å²) in [7, 11) is -2.98. The van der Waals surface area contributed by atoms with E-state index >= 15 is 0 Å². The Bertz CT molecular complexity index is 912. The highest BCUT2D eigenvalue weighted by molar-refractivity contribution is 7.91. The molecule has 0 spiro atoms. The van der Waals surface area contributed by atoms with Crippen molar-refractivity contribution in [1.29, 1.82) is 0 Å². The number of anilines is 2. The van der Waals surface area contributed by atoms with E-state index in [1.165, 1.54) is 12.4 Å². The zero-order chi connectivity index (χ0) is 18.0. The van der Waals surface area contributed by atoms with Crippen LogP contribution in [0.15, 0.2) is 30.6 Å². The highest BCUT2D eigenvalue weighted by Crippen LogP contribution is 2.20. The molecule has 2 N–H and O–H groups in total. The lowest BCUT2D eigenvalue weighted by molar-refractivity contribution is 0.102. The molecule has 0 bridgehead atoms. The molecule has 8 heteroatoms. The molecule has 7 nitrogen and oxygen atoms in total. The van der Waals surface area contributed by atoms with Gasteiger partial charge in [-0.2, -0.15) is 0 Å². The SMILES string of the molecule is Cc1cccc(NC(=O)c2cc(NC3CCS(=O)(=O)C3)ncn2)c1C. The lowest BCUT2D eigenvalue weighted by Crippen LogP contribution is -2.22. The summed E-state index contributed by atoms with van der Waals surface area (Å²) < 4.78 is 23.1. The zero-order valence-corrected chi connectivity index (χ0v) is 14.9. The second-order valence-electron chi connectivity index (χ2n) is 6.23. The molecule has 1 aliphatic rings. The van der Waals surface area contributed by atoms with Crippen LogP contribution < -0.4 is 10.6 Å². The Morgan fingerprint density at radius 2 is 2.04 bits per heavy atom. The van der Waals surface area contributed by atoms with Crippen LogP contribution in [0.25, 0.3) is 0 Å². The van der Waals surface area contributed by atoms with E-state index in [1.807, 2.05) is 32.0 Å². The Hall–Kier alpha value is -2.48. The fourth-order valence-corrected chi connectivity index (χ4v) is 4.42. The van der Waals surface area contributed by atoms with Gasteiger partial charge in [-0.1, -0.05) is 12.1 Å². The van der Waals surface area contributed by atoms with Gasteiger partial charge in [0.1, 0.15) is 17.8 Å². The van der Waals surface area contributed by atoms with E-state index in [-0.39, 0.29) is 29.1 Å². The van der Waals surface area contributed by atoms with E-state index in [1.54, 1.807) is 0 Å². The molecule has 1 atom stereocenters. The molecule has 132 valence electrons. The third-order valence-electron chi connectivity index (χ3n) is 4.34. The molecule has 1 aliphatic heterocycles. The van der Waals surface area contributed by atoms with Crippen LogP contribution in [0.4, 0.5) is 11.5 Å². The molecule has 0 aliphatic carbocycles. The topological polar surface area (TPSA) is 101 Å². The van der Waals surface area contributed by atoms with E-state index in [4.69, 9.17) is 0 Å². The molecule has 0 saturated carbocycles. The van der Waals surface area contributed by atoms with E-state index in [0.717, 1.165) is 16.8 Å². The zero-order valence-electron chi connectivity index (χ0n) is 14.1. The van der Waals surface area contributed by atoms with E-state index in [0.29, 0.717) is 12.2 Å². The third-order valence-corrected chi connectivity index (χ3v) is 6.10. The first-order valence-corrected chi connectivity index (χ1v) is 9.83. The monoisotopic (exact) mass is 360 g/mol. The van der Waals surface area contributed by atoms with E-state index in [9.17, 15) is 13.2 Å². The quantitative estimate of drug-likeness (QED) is 0.864. The number of carbonyl (C=O) groups is 1. The predicted octanol–water partition coefficient (Wildman–Crippen LogP) is 1.94. The number of hydrogen-bond acceptors (Lipinski definition) is 6. The summed E-state index contributed by atoms with van der Waals surface area (Å²) in [6, 6.07) is 7.04. The van der Waals surface area contributed by atoms with Gasteiger partial charge in [-0.15, -0.1) is 0 Å². The van der Waals surface area contributed by atoms with Crippen LogP contribution in [0.5, 0.6) is 0 Å². The Morgan fingerprint density at radius 1 is 1.24 bits per heavy atom. The molecule has 2 aromatic rings. The molecule has 1 saturated heterocycles. The number of aromatic nitrogens is 2. The number of rotatable bonds is 4. The van der Waals surface area contributed by atoms with Gasteiger partial charge in [-0.25, -0.2) is 18.4 Å². The number of nitrogens with one attached hydrogen (secondary N) is 2. The normalized spacial score (nSPS) is 18.7. The van der Waals surface area contributed by atoms with Crippen LogP contribution in [0.3, 0.4) is 0 Å². The van der Waals surface area contributed by atoms with Gasteiger partial charge in [0, 0.05) is 17.8 Å². The summed E-state index contributed by atoms with van der Waals surface area (Å²) >= 11 is 0. The number of amides is 1. The lowest BCUT2D eigenvalue weighted by Gasteiger charge is -2.13. The summed E-state index contributed by atoms with van der Waals surface area (Å²) in [5.74, 6) is 0.373. The van der Waals surface area contributed by atoms with E-state index in [2.05, 4.69) is 20.6 Å². The smallest absolute Gasteiger partial charge is 0.274 e. The van der Waals surface area contributed by atoms with Crippen molar-refractivity contribution >= 4 is 27.2 Å². The summed E-state index contributed by atoms with van der Waals surface area (Å²) in [4.78, 5) is 20.5. The molecule has 2 heterocycles. The van der Waals surface area contributed by atoms with Gasteiger partial charge < -0.3 is 10.6 Å². The standard InChI is InChI=1S/C17H20N4O3S/c1-11-4-3-5-14(12(11)2)21-17(22)15-8-16(19-10-18-15)20-13-6-7-25(23,24)9-13/h3-5,8,10,13H,6-7,9H2,1-2H3,(H,21,22)(H,18,19,20). The van der Waals surface area contributed by atoms with Crippen molar-refractivity contribution in [1.82, 2.24) is 9.97 Å². The minimum atomic E-state index is -2.98. The van der Waals surface area contributed by atoms with Crippen LogP contribution in [-0.2, 0) is 9.84 Å². The van der Waals surface area contributed by atoms with Crippen molar-refractivity contribution in [3.05, 3.63) is 47.4 Å². The van der Waals surface area contributed by atoms with Crippen molar-refractivity contribution in [2.24, 2.45) is 0 Å². The summed E-state index contributed by atoms with van der Waals surface area (Å²) in [6.07, 6.45) is 1.83. The minimum Gasteiger partial charge on any atom is -0.366 e. The molecule has 1 aromatic carbocycles. The Labute approximate surface area is 146 Å². The average Bonchev–Trinajstić information content (AvgIpc) is 2.90. The van der Waals surface area contributed by atoms with Crippen LogP contribution in [0.1, 0.15) is 28.0 Å². The second-order valence-corrected chi connectivity index (χ2v) is 8.46. The van der Waals surface area contributed by atoms with Gasteiger partial charge in [-0.3, -0.25) is 4.79 Å². The summed E-state index contributed by atoms with van der Waals surface area (Å²) in [5, 5.41) is 5.91. The molecule has 0 radical (unpaired) electrons. The maximum Gasteiger partial charge on any atom is 0.274 e. The largest absolute Gasteiger partial charge is 0.366 e. The fourth-order valence-electron chi connectivity index (χ4n) is 2.75. The third kappa shape index (κ3) is 4.14. The predicted molar refractivity (Wildman–Crippen MR) is 96.6 cm³/mol. The van der Waals surface area contributed by atoms with Crippen LogP contribution in [0.2, 0.25) is 0 Å². The number of hydrogen-bond donors (Lipinski definition) is 2. The fraction of sp³-hybridized carbons (Fsp3) is 0.353. The first-order chi connectivity index (χ1) is 11.8. The van der Waals surface area contributed by atoms with Gasteiger partial charge in [0.2, 0.25) is 0 Å². The first-order valence-electron chi connectivity index (χ1n) is 8.00. The lowest BCUT2D eigenvalue weighted by atomic mass is 10.1. The van der Waals surface area contributed by atoms with Crippen molar-refractivity contribution in [3.63, 3.8) is 0 Å². The Balaban J connectivity index is 1.72. The first kappa shape index (κ1) is 17.3. The maximum atomic E-state index is 12.4. The van der Waals surface area contributed by atoms with Crippen LogP contribution in [-0.4, -0.2) is 41.8 Å². The summed E-state index contributed by atoms with van der Waals surface area (Å²) in [5.41, 5.74) is 3.05. The number of carbonyl (C=O) groups excluding carboxylic acids is 1. The van der Waals surface area contributed by atoms with Gasteiger partial charge >= 0.3 is 0 Å². The van der Waals surface area contributed by atoms with Crippen LogP contribution in [0, 0.1) is 13.8 Å². The molecule has 25 heavy (non-hydrogen) atoms. The van der Waals surface area contributed by atoms with Gasteiger partial charge in [0.15, 0.2) is 9.84 Å². The van der Waals surface area contributed by atoms with Crippen LogP contribution >= 0.6 is 0 Å². The van der Waals surface area contributed by atoms with Crippen molar-refractivity contribution < 1.29 is 13.2 Å². The van der Waals surface area contributed by atoms with Crippen molar-refractivity contribution in [2.75, 3.05) is 22.1 Å². The molecular weight excluding hydrogens is 340 g/mol. The number of nitrogens with zero attached hydrogens (tertiary/aromatic N) is 2. The van der Waals surface area contributed by atoms with Crippen molar-refractivity contribution in [3.8, 4) is 0 Å². The van der Waals surface area contributed by atoms with Crippen molar-refractivity contribution in [2.45, 2.75) is 26.3 Å². The number of benzene rings is 1. The summed E-state index contributed by atoms with van der Waals surface area (Å²) in [6.45, 7) is 3.92. The highest BCUT2D eigenvalue weighted by Gasteiger charge is 2.28. The molecule has 3 rings (SSSR count). The Morgan fingerprint density at radius 3 is 2.76 bits per heavy atom. The number of aryl methyl sites for hydroxylation is 1. The maximum absolute atomic E-state index is 12.4. The number of sulfone groups is 1. The average molecular weight is 360 g/mol. The molecule has 1 aromatic heterocycles. The second kappa shape index (κ2) is 6.79. The molecule has 1 amide bonds. The molecule has 1 unspecified atom stereocenters. The minimum absolute atomic E-state index is 0.0843. The molecule has 1 fully saturated rings. The highest BCUT2D eigenvalue weighted by atomic mass is 32.2. The Kier molecular flexibility index (Phi) is 4.71.